The lowest BCUT2D eigenvalue weighted by atomic mass is 10.0. The highest BCUT2D eigenvalue weighted by atomic mass is 16.6. The number of amides is 1. The van der Waals surface area contributed by atoms with Gasteiger partial charge in [-0.2, -0.15) is 5.10 Å². The number of benzene rings is 1. The maximum Gasteiger partial charge on any atom is 0.307 e. The van der Waals surface area contributed by atoms with Crippen LogP contribution in [0.2, 0.25) is 0 Å². The van der Waals surface area contributed by atoms with Crippen molar-refractivity contribution in [2.45, 2.75) is 32.9 Å². The molecule has 0 fully saturated rings. The second-order valence-corrected chi connectivity index (χ2v) is 6.26. The molecule has 3 aromatic rings. The smallest absolute Gasteiger partial charge is 0.307 e. The highest BCUT2D eigenvalue weighted by Crippen LogP contribution is 2.19. The molecule has 0 bridgehead atoms. The standard InChI is InChI=1S/C19H20N4O4/c1-3-17(14-6-4-13(2)5-7-14)21-19(24)18-9-8-16(27-18)12-22-11-15(10-20-22)23(25)26/h4-11,17H,3,12H2,1-2H3,(H,21,24). The van der Waals surface area contributed by atoms with Crippen LogP contribution >= 0.6 is 0 Å². The topological polar surface area (TPSA) is 103 Å². The molecule has 0 spiro atoms. The maximum atomic E-state index is 12.5. The van der Waals surface area contributed by atoms with Gasteiger partial charge in [0.25, 0.3) is 5.91 Å². The molecule has 8 nitrogen and oxygen atoms in total. The summed E-state index contributed by atoms with van der Waals surface area (Å²) in [6.07, 6.45) is 3.23. The van der Waals surface area contributed by atoms with Crippen LogP contribution in [0.1, 0.15) is 46.8 Å². The Bertz CT molecular complexity index is 943. The molecular weight excluding hydrogens is 348 g/mol. The summed E-state index contributed by atoms with van der Waals surface area (Å²) in [5.74, 6) is 0.374. The van der Waals surface area contributed by atoms with Gasteiger partial charge in [-0.25, -0.2) is 0 Å². The highest BCUT2D eigenvalue weighted by molar-refractivity contribution is 5.91. The van der Waals surface area contributed by atoms with Crippen LogP contribution in [0.25, 0.3) is 0 Å². The van der Waals surface area contributed by atoms with Gasteiger partial charge >= 0.3 is 5.69 Å². The second-order valence-electron chi connectivity index (χ2n) is 6.26. The lowest BCUT2D eigenvalue weighted by Gasteiger charge is -2.17. The van der Waals surface area contributed by atoms with Gasteiger partial charge in [-0.05, 0) is 31.0 Å². The summed E-state index contributed by atoms with van der Waals surface area (Å²) in [6, 6.07) is 11.2. The molecule has 3 rings (SSSR count). The van der Waals surface area contributed by atoms with Crippen molar-refractivity contribution in [3.63, 3.8) is 0 Å². The summed E-state index contributed by atoms with van der Waals surface area (Å²) < 4.78 is 6.97. The fraction of sp³-hybridized carbons (Fsp3) is 0.263. The minimum atomic E-state index is -0.513. The molecule has 2 heterocycles. The molecule has 0 saturated carbocycles. The van der Waals surface area contributed by atoms with Crippen molar-refractivity contribution in [2.24, 2.45) is 0 Å². The molecule has 8 heteroatoms. The summed E-state index contributed by atoms with van der Waals surface area (Å²) in [5.41, 5.74) is 2.10. The van der Waals surface area contributed by atoms with Crippen LogP contribution in [-0.2, 0) is 6.54 Å². The zero-order valence-corrected chi connectivity index (χ0v) is 15.1. The Morgan fingerprint density at radius 2 is 2.04 bits per heavy atom. The highest BCUT2D eigenvalue weighted by Gasteiger charge is 2.17. The Kier molecular flexibility index (Phi) is 5.35. The third-order valence-corrected chi connectivity index (χ3v) is 4.23. The lowest BCUT2D eigenvalue weighted by Crippen LogP contribution is -2.27. The minimum absolute atomic E-state index is 0.0941. The number of hydrogen-bond acceptors (Lipinski definition) is 5. The van der Waals surface area contributed by atoms with E-state index in [4.69, 9.17) is 4.42 Å². The van der Waals surface area contributed by atoms with Gasteiger partial charge in [0.05, 0.1) is 17.5 Å². The Balaban J connectivity index is 1.66. The third kappa shape index (κ3) is 4.41. The van der Waals surface area contributed by atoms with Gasteiger partial charge in [0.1, 0.15) is 18.2 Å². The van der Waals surface area contributed by atoms with Crippen molar-refractivity contribution in [2.75, 3.05) is 0 Å². The summed E-state index contributed by atoms with van der Waals surface area (Å²) in [6.45, 7) is 4.22. The fourth-order valence-electron chi connectivity index (χ4n) is 2.73. The number of furan rings is 1. The Hall–Kier alpha value is -3.42. The summed E-state index contributed by atoms with van der Waals surface area (Å²) >= 11 is 0. The van der Waals surface area contributed by atoms with Gasteiger partial charge in [-0.3, -0.25) is 19.6 Å². The fourth-order valence-corrected chi connectivity index (χ4v) is 2.73. The molecular formula is C19H20N4O4. The quantitative estimate of drug-likeness (QED) is 0.507. The molecule has 0 radical (unpaired) electrons. The number of nitro groups is 1. The summed E-state index contributed by atoms with van der Waals surface area (Å²) in [5, 5.41) is 17.6. The van der Waals surface area contributed by atoms with Crippen molar-refractivity contribution < 1.29 is 14.1 Å². The zero-order chi connectivity index (χ0) is 19.4. The largest absolute Gasteiger partial charge is 0.454 e. The zero-order valence-electron chi connectivity index (χ0n) is 15.1. The van der Waals surface area contributed by atoms with Crippen LogP contribution in [-0.4, -0.2) is 20.6 Å². The number of hydrogen-bond donors (Lipinski definition) is 1. The normalized spacial score (nSPS) is 11.9. The van der Waals surface area contributed by atoms with Gasteiger partial charge in [0, 0.05) is 0 Å². The van der Waals surface area contributed by atoms with Gasteiger partial charge in [-0.1, -0.05) is 36.8 Å². The predicted molar refractivity (Wildman–Crippen MR) is 98.4 cm³/mol. The maximum absolute atomic E-state index is 12.5. The molecule has 1 unspecified atom stereocenters. The van der Waals surface area contributed by atoms with E-state index in [0.717, 1.165) is 17.5 Å². The summed E-state index contributed by atoms with van der Waals surface area (Å²) in [7, 11) is 0. The van der Waals surface area contributed by atoms with Gasteiger partial charge in [0.15, 0.2) is 5.76 Å². The van der Waals surface area contributed by atoms with Gasteiger partial charge in [-0.15, -0.1) is 0 Å². The first-order chi connectivity index (χ1) is 13.0. The van der Waals surface area contributed by atoms with E-state index in [-0.39, 0.29) is 29.9 Å². The Morgan fingerprint density at radius 1 is 1.30 bits per heavy atom. The van der Waals surface area contributed by atoms with E-state index in [0.29, 0.717) is 5.76 Å². The Labute approximate surface area is 156 Å². The molecule has 140 valence electrons. The van der Waals surface area contributed by atoms with E-state index in [9.17, 15) is 14.9 Å². The first-order valence-corrected chi connectivity index (χ1v) is 8.59. The number of nitrogens with one attached hydrogen (secondary N) is 1. The van der Waals surface area contributed by atoms with E-state index in [2.05, 4.69) is 10.4 Å². The van der Waals surface area contributed by atoms with Crippen LogP contribution in [0.5, 0.6) is 0 Å². The third-order valence-electron chi connectivity index (χ3n) is 4.23. The minimum Gasteiger partial charge on any atom is -0.454 e. The van der Waals surface area contributed by atoms with E-state index in [1.807, 2.05) is 38.1 Å². The molecule has 0 saturated heterocycles. The molecule has 1 aromatic carbocycles. The van der Waals surface area contributed by atoms with Crippen LogP contribution < -0.4 is 5.32 Å². The molecule has 1 amide bonds. The first kappa shape index (κ1) is 18.4. The van der Waals surface area contributed by atoms with Crippen LogP contribution in [0.4, 0.5) is 5.69 Å². The van der Waals surface area contributed by atoms with E-state index < -0.39 is 4.92 Å². The van der Waals surface area contributed by atoms with Crippen molar-refractivity contribution >= 4 is 11.6 Å². The molecule has 0 aliphatic heterocycles. The van der Waals surface area contributed by atoms with Crippen LogP contribution in [0, 0.1) is 17.0 Å². The Morgan fingerprint density at radius 3 is 2.67 bits per heavy atom. The molecule has 1 N–H and O–H groups in total. The summed E-state index contributed by atoms with van der Waals surface area (Å²) in [4.78, 5) is 22.7. The average molecular weight is 368 g/mol. The van der Waals surface area contributed by atoms with E-state index in [1.54, 1.807) is 12.1 Å². The molecule has 0 aliphatic carbocycles. The van der Waals surface area contributed by atoms with Crippen molar-refractivity contribution in [1.82, 2.24) is 15.1 Å². The second kappa shape index (κ2) is 7.86. The number of carbonyl (C=O) groups excluding carboxylic acids is 1. The van der Waals surface area contributed by atoms with Gasteiger partial charge < -0.3 is 9.73 Å². The van der Waals surface area contributed by atoms with Crippen molar-refractivity contribution in [1.29, 1.82) is 0 Å². The van der Waals surface area contributed by atoms with E-state index in [1.165, 1.54) is 17.1 Å². The van der Waals surface area contributed by atoms with Crippen molar-refractivity contribution in [3.05, 3.63) is 81.6 Å². The molecule has 2 aromatic heterocycles. The predicted octanol–water partition coefficient (Wildman–Crippen LogP) is 3.62. The number of carbonyl (C=O) groups is 1. The van der Waals surface area contributed by atoms with E-state index >= 15 is 0 Å². The number of nitrogens with zero attached hydrogens (tertiary/aromatic N) is 3. The molecule has 27 heavy (non-hydrogen) atoms. The number of rotatable bonds is 7. The monoisotopic (exact) mass is 368 g/mol. The lowest BCUT2D eigenvalue weighted by molar-refractivity contribution is -0.385. The van der Waals surface area contributed by atoms with Crippen LogP contribution in [0.15, 0.2) is 53.2 Å². The first-order valence-electron chi connectivity index (χ1n) is 8.59. The molecule has 0 aliphatic rings. The van der Waals surface area contributed by atoms with Crippen molar-refractivity contribution in [3.8, 4) is 0 Å². The SMILES string of the molecule is CCC(NC(=O)c1ccc(Cn2cc([N+](=O)[O-])cn2)o1)c1ccc(C)cc1. The number of aryl methyl sites for hydroxylation is 1. The van der Waals surface area contributed by atoms with Gasteiger partial charge in [0.2, 0.25) is 0 Å². The average Bonchev–Trinajstić information content (AvgIpc) is 3.30. The van der Waals surface area contributed by atoms with Crippen LogP contribution in [0.3, 0.4) is 0 Å². The number of aromatic nitrogens is 2. The molecule has 1 atom stereocenters.